The van der Waals surface area contributed by atoms with E-state index < -0.39 is 0 Å². The van der Waals surface area contributed by atoms with Gasteiger partial charge >= 0.3 is 0 Å². The molecule has 0 fully saturated rings. The highest BCUT2D eigenvalue weighted by Crippen LogP contribution is 2.37. The maximum absolute atomic E-state index is 12.2. The first kappa shape index (κ1) is 17.2. The highest BCUT2D eigenvalue weighted by atomic mass is 35.5. The van der Waals surface area contributed by atoms with Crippen molar-refractivity contribution in [3.05, 3.63) is 65.6 Å². The second-order valence-corrected chi connectivity index (χ2v) is 6.69. The van der Waals surface area contributed by atoms with Crippen LogP contribution < -0.4 is 0 Å². The van der Waals surface area contributed by atoms with Crippen LogP contribution in [-0.4, -0.2) is 45.1 Å². The van der Waals surface area contributed by atoms with Gasteiger partial charge < -0.3 is 4.90 Å². The molecule has 6 nitrogen and oxygen atoms in total. The lowest BCUT2D eigenvalue weighted by atomic mass is 10.0. The van der Waals surface area contributed by atoms with Crippen molar-refractivity contribution >= 4 is 28.5 Å². The minimum Gasteiger partial charge on any atom is -0.345 e. The van der Waals surface area contributed by atoms with E-state index in [0.717, 1.165) is 22.2 Å². The molecule has 1 N–H and O–H groups in total. The van der Waals surface area contributed by atoms with Gasteiger partial charge in [-0.05, 0) is 6.07 Å². The van der Waals surface area contributed by atoms with Gasteiger partial charge in [0, 0.05) is 49.4 Å². The fraction of sp³-hybridized carbons (Fsp3) is 0.100. The molecule has 7 heteroatoms. The number of nitrogens with one attached hydrogen (secondary N) is 1. The van der Waals surface area contributed by atoms with Crippen LogP contribution in [0.1, 0.15) is 10.4 Å². The number of amides is 1. The zero-order valence-electron chi connectivity index (χ0n) is 14.8. The van der Waals surface area contributed by atoms with Gasteiger partial charge in [-0.25, -0.2) is 4.98 Å². The molecule has 0 bridgehead atoms. The Morgan fingerprint density at radius 2 is 1.85 bits per heavy atom. The SMILES string of the molecule is CN(C)C(=O)c1cncc(-c2cnc3n[nH]c(-c4ccccc4)c3c2Cl)c1. The Morgan fingerprint density at radius 1 is 1.07 bits per heavy atom. The maximum atomic E-state index is 12.2. The second-order valence-electron chi connectivity index (χ2n) is 6.31. The van der Waals surface area contributed by atoms with Crippen LogP contribution in [0.3, 0.4) is 0 Å². The Kier molecular flexibility index (Phi) is 4.33. The van der Waals surface area contributed by atoms with Crippen LogP contribution in [-0.2, 0) is 0 Å². The summed E-state index contributed by atoms with van der Waals surface area (Å²) in [6.45, 7) is 0. The zero-order chi connectivity index (χ0) is 19.0. The summed E-state index contributed by atoms with van der Waals surface area (Å²) in [5, 5.41) is 8.54. The number of nitrogens with zero attached hydrogens (tertiary/aromatic N) is 4. The van der Waals surface area contributed by atoms with E-state index in [4.69, 9.17) is 11.6 Å². The van der Waals surface area contributed by atoms with E-state index in [0.29, 0.717) is 21.8 Å². The summed E-state index contributed by atoms with van der Waals surface area (Å²) in [5.74, 6) is -0.122. The summed E-state index contributed by atoms with van der Waals surface area (Å²) in [5.41, 5.74) is 4.22. The lowest BCUT2D eigenvalue weighted by Gasteiger charge is -2.11. The molecule has 1 aromatic carbocycles. The molecule has 0 radical (unpaired) electrons. The fourth-order valence-electron chi connectivity index (χ4n) is 2.93. The first-order valence-corrected chi connectivity index (χ1v) is 8.69. The molecule has 4 rings (SSSR count). The van der Waals surface area contributed by atoms with Crippen LogP contribution in [0.25, 0.3) is 33.4 Å². The largest absolute Gasteiger partial charge is 0.345 e. The third-order valence-electron chi connectivity index (χ3n) is 4.28. The molecule has 27 heavy (non-hydrogen) atoms. The molecule has 0 aliphatic carbocycles. The number of pyridine rings is 2. The van der Waals surface area contributed by atoms with Crippen molar-refractivity contribution in [1.29, 1.82) is 0 Å². The Balaban J connectivity index is 1.88. The van der Waals surface area contributed by atoms with Crippen molar-refractivity contribution in [3.63, 3.8) is 0 Å². The smallest absolute Gasteiger partial charge is 0.254 e. The van der Waals surface area contributed by atoms with E-state index in [2.05, 4.69) is 20.2 Å². The van der Waals surface area contributed by atoms with Gasteiger partial charge in [0.2, 0.25) is 0 Å². The normalized spacial score (nSPS) is 10.9. The Hall–Kier alpha value is -3.25. The van der Waals surface area contributed by atoms with Gasteiger partial charge in [-0.1, -0.05) is 41.9 Å². The number of benzene rings is 1. The number of rotatable bonds is 3. The molecule has 3 heterocycles. The molecule has 0 spiro atoms. The van der Waals surface area contributed by atoms with Crippen LogP contribution in [0.15, 0.2) is 55.0 Å². The van der Waals surface area contributed by atoms with E-state index >= 15 is 0 Å². The van der Waals surface area contributed by atoms with Crippen LogP contribution >= 0.6 is 11.6 Å². The van der Waals surface area contributed by atoms with Crippen molar-refractivity contribution in [2.24, 2.45) is 0 Å². The number of aromatic amines is 1. The number of H-pyrrole nitrogens is 1. The quantitative estimate of drug-likeness (QED) is 0.584. The summed E-state index contributed by atoms with van der Waals surface area (Å²) < 4.78 is 0. The van der Waals surface area contributed by atoms with E-state index in [-0.39, 0.29) is 5.91 Å². The van der Waals surface area contributed by atoms with Gasteiger partial charge in [0.15, 0.2) is 5.65 Å². The van der Waals surface area contributed by atoms with Gasteiger partial charge in [0.05, 0.1) is 21.7 Å². The molecule has 4 aromatic rings. The standard InChI is InChI=1S/C20H16ClN5O/c1-26(2)20(27)14-8-13(9-22-10-14)15-11-23-19-16(17(15)21)18(24-25-19)12-6-4-3-5-7-12/h3-11H,1-2H3,(H,23,24,25). The summed E-state index contributed by atoms with van der Waals surface area (Å²) in [7, 11) is 3.40. The van der Waals surface area contributed by atoms with Gasteiger partial charge in [0.1, 0.15) is 0 Å². The van der Waals surface area contributed by atoms with Crippen LogP contribution in [0.2, 0.25) is 5.02 Å². The predicted octanol–water partition coefficient (Wildman–Crippen LogP) is 4.04. The number of fused-ring (bicyclic) bond motifs is 1. The summed E-state index contributed by atoms with van der Waals surface area (Å²) >= 11 is 6.74. The first-order chi connectivity index (χ1) is 13.1. The Morgan fingerprint density at radius 3 is 2.59 bits per heavy atom. The number of hydrogen-bond acceptors (Lipinski definition) is 4. The average molecular weight is 378 g/mol. The molecule has 1 amide bonds. The maximum Gasteiger partial charge on any atom is 0.254 e. The zero-order valence-corrected chi connectivity index (χ0v) is 15.5. The molecule has 0 atom stereocenters. The van der Waals surface area contributed by atoms with Crippen molar-refractivity contribution in [2.45, 2.75) is 0 Å². The van der Waals surface area contributed by atoms with Crippen molar-refractivity contribution in [3.8, 4) is 22.4 Å². The van der Waals surface area contributed by atoms with E-state index in [9.17, 15) is 4.79 Å². The molecular weight excluding hydrogens is 362 g/mol. The highest BCUT2D eigenvalue weighted by Gasteiger charge is 2.17. The lowest BCUT2D eigenvalue weighted by Crippen LogP contribution is -2.21. The van der Waals surface area contributed by atoms with Crippen molar-refractivity contribution in [1.82, 2.24) is 25.1 Å². The van der Waals surface area contributed by atoms with Crippen LogP contribution in [0.4, 0.5) is 0 Å². The first-order valence-electron chi connectivity index (χ1n) is 8.31. The lowest BCUT2D eigenvalue weighted by molar-refractivity contribution is 0.0827. The van der Waals surface area contributed by atoms with Crippen molar-refractivity contribution in [2.75, 3.05) is 14.1 Å². The number of aromatic nitrogens is 4. The molecule has 0 saturated heterocycles. The average Bonchev–Trinajstić information content (AvgIpc) is 3.13. The molecule has 0 aliphatic heterocycles. The number of carbonyl (C=O) groups excluding carboxylic acids is 1. The second kappa shape index (κ2) is 6.81. The minimum atomic E-state index is -0.122. The van der Waals surface area contributed by atoms with E-state index in [1.807, 2.05) is 30.3 Å². The predicted molar refractivity (Wildman–Crippen MR) is 106 cm³/mol. The summed E-state index contributed by atoms with van der Waals surface area (Å²) in [4.78, 5) is 22.4. The Bertz CT molecular complexity index is 1140. The van der Waals surface area contributed by atoms with Crippen LogP contribution in [0.5, 0.6) is 0 Å². The topological polar surface area (TPSA) is 74.8 Å². The number of carbonyl (C=O) groups is 1. The molecule has 134 valence electrons. The molecule has 0 unspecified atom stereocenters. The number of hydrogen-bond donors (Lipinski definition) is 1. The number of halogens is 1. The van der Waals surface area contributed by atoms with E-state index in [1.165, 1.54) is 4.90 Å². The molecular formula is C20H16ClN5O. The van der Waals surface area contributed by atoms with Crippen molar-refractivity contribution < 1.29 is 4.79 Å². The highest BCUT2D eigenvalue weighted by molar-refractivity contribution is 6.39. The minimum absolute atomic E-state index is 0.122. The van der Waals surface area contributed by atoms with Gasteiger partial charge in [0.25, 0.3) is 5.91 Å². The third kappa shape index (κ3) is 3.04. The van der Waals surface area contributed by atoms with Crippen LogP contribution in [0, 0.1) is 0 Å². The molecule has 0 aliphatic rings. The van der Waals surface area contributed by atoms with Gasteiger partial charge in [-0.15, -0.1) is 0 Å². The monoisotopic (exact) mass is 377 g/mol. The summed E-state index contributed by atoms with van der Waals surface area (Å²) in [6.07, 6.45) is 4.86. The molecule has 0 saturated carbocycles. The van der Waals surface area contributed by atoms with Gasteiger partial charge in [-0.2, -0.15) is 5.10 Å². The molecule has 3 aromatic heterocycles. The van der Waals surface area contributed by atoms with E-state index in [1.54, 1.807) is 38.8 Å². The fourth-order valence-corrected chi connectivity index (χ4v) is 3.27. The van der Waals surface area contributed by atoms with Gasteiger partial charge in [-0.3, -0.25) is 14.9 Å². The third-order valence-corrected chi connectivity index (χ3v) is 4.68. The summed E-state index contributed by atoms with van der Waals surface area (Å²) in [6, 6.07) is 11.6. The Labute approximate surface area is 160 Å².